The van der Waals surface area contributed by atoms with Crippen LogP contribution in [0.5, 0.6) is 0 Å². The fourth-order valence-corrected chi connectivity index (χ4v) is 4.42. The Labute approximate surface area is 213 Å². The third-order valence-corrected chi connectivity index (χ3v) is 6.48. The lowest BCUT2D eigenvalue weighted by Crippen LogP contribution is -2.32. The molecule has 1 aliphatic rings. The third kappa shape index (κ3) is 5.24. The van der Waals surface area contributed by atoms with Gasteiger partial charge in [0.25, 0.3) is 0 Å². The predicted molar refractivity (Wildman–Crippen MR) is 135 cm³/mol. The summed E-state index contributed by atoms with van der Waals surface area (Å²) < 4.78 is 33.7. The van der Waals surface area contributed by atoms with Crippen LogP contribution < -0.4 is 0 Å². The average Bonchev–Trinajstić information content (AvgIpc) is 3.47. The maximum absolute atomic E-state index is 14.4. The van der Waals surface area contributed by atoms with E-state index in [1.807, 2.05) is 44.2 Å². The molecule has 1 saturated heterocycles. The van der Waals surface area contributed by atoms with Crippen LogP contribution in [0.3, 0.4) is 0 Å². The number of fused-ring (bicyclic) bond motifs is 1. The number of rotatable bonds is 6. The zero-order chi connectivity index (χ0) is 26.1. The number of hydrogen-bond acceptors (Lipinski definition) is 6. The van der Waals surface area contributed by atoms with Crippen LogP contribution >= 0.6 is 0 Å². The molecule has 0 radical (unpaired) electrons. The number of esters is 2. The Hall–Kier alpha value is -4.04. The minimum Gasteiger partial charge on any atom is -0.459 e. The lowest BCUT2D eigenvalue weighted by Gasteiger charge is -2.19. The molecule has 0 spiro atoms. The first-order valence-corrected chi connectivity index (χ1v) is 12.1. The van der Waals surface area contributed by atoms with E-state index in [1.54, 1.807) is 35.8 Å². The molecule has 1 aromatic heterocycles. The smallest absolute Gasteiger partial charge is 0.338 e. The largest absolute Gasteiger partial charge is 0.459 e. The lowest BCUT2D eigenvalue weighted by atomic mass is 10.1. The van der Waals surface area contributed by atoms with E-state index < -0.39 is 36.2 Å². The summed E-state index contributed by atoms with van der Waals surface area (Å²) in [6.07, 6.45) is -0.217. The maximum Gasteiger partial charge on any atom is 0.338 e. The van der Waals surface area contributed by atoms with Crippen molar-refractivity contribution in [3.8, 4) is 0 Å². The molecule has 8 heteroatoms. The van der Waals surface area contributed by atoms with Gasteiger partial charge in [0.2, 0.25) is 0 Å². The van der Waals surface area contributed by atoms with Gasteiger partial charge < -0.3 is 18.8 Å². The van der Waals surface area contributed by atoms with Crippen molar-refractivity contribution in [2.24, 2.45) is 0 Å². The fourth-order valence-electron chi connectivity index (χ4n) is 4.42. The van der Waals surface area contributed by atoms with Crippen molar-refractivity contribution in [3.63, 3.8) is 0 Å². The summed E-state index contributed by atoms with van der Waals surface area (Å²) in [6.45, 7) is 5.55. The number of ether oxygens (including phenoxy) is 3. The quantitative estimate of drug-likeness (QED) is 0.325. The van der Waals surface area contributed by atoms with E-state index in [-0.39, 0.29) is 18.5 Å². The van der Waals surface area contributed by atoms with Crippen molar-refractivity contribution in [1.82, 2.24) is 9.55 Å². The van der Waals surface area contributed by atoms with Gasteiger partial charge in [-0.15, -0.1) is 0 Å². The van der Waals surface area contributed by atoms with Crippen LogP contribution in [-0.2, 0) is 14.2 Å². The van der Waals surface area contributed by atoms with Gasteiger partial charge in [0.05, 0.1) is 23.0 Å². The van der Waals surface area contributed by atoms with Gasteiger partial charge in [-0.2, -0.15) is 0 Å². The summed E-state index contributed by atoms with van der Waals surface area (Å²) in [6, 6.07) is 17.4. The van der Waals surface area contributed by atoms with Gasteiger partial charge in [0.15, 0.2) is 5.82 Å². The summed E-state index contributed by atoms with van der Waals surface area (Å²) in [5.41, 5.74) is 4.43. The molecule has 0 aliphatic carbocycles. The normalized spacial score (nSPS) is 19.2. The van der Waals surface area contributed by atoms with Crippen LogP contribution in [0.25, 0.3) is 11.0 Å². The van der Waals surface area contributed by atoms with Crippen LogP contribution in [0.4, 0.5) is 4.39 Å². The molecule has 1 aliphatic heterocycles. The van der Waals surface area contributed by atoms with Gasteiger partial charge in [-0.05, 0) is 62.7 Å². The van der Waals surface area contributed by atoms with Crippen molar-refractivity contribution in [1.29, 1.82) is 0 Å². The van der Waals surface area contributed by atoms with E-state index in [9.17, 15) is 14.0 Å². The molecule has 5 rings (SSSR count). The predicted octanol–water partition coefficient (Wildman–Crippen LogP) is 5.47. The molecule has 3 aromatic carbocycles. The van der Waals surface area contributed by atoms with Crippen LogP contribution in [0.1, 0.15) is 50.1 Å². The Morgan fingerprint density at radius 3 is 2.22 bits per heavy atom. The zero-order valence-corrected chi connectivity index (χ0v) is 20.8. The standard InChI is InChI=1S/C29H27FN2O5/c1-17-4-8-20(9-5-17)28(33)35-15-25-24(37-29(34)21-10-6-18(2)7-11-21)14-26(36-25)32-16-31-27-22(30)12-19(3)13-23(27)32/h4-13,16,24-26H,14-15H2,1-3H3/t24-,25+,26+/m0/s1. The molecule has 4 aromatic rings. The molecule has 2 heterocycles. The molecule has 1 fully saturated rings. The number of hydrogen-bond donors (Lipinski definition) is 0. The first kappa shape index (κ1) is 24.6. The van der Waals surface area contributed by atoms with Gasteiger partial charge in [0, 0.05) is 6.42 Å². The Morgan fingerprint density at radius 2 is 1.57 bits per heavy atom. The summed E-state index contributed by atoms with van der Waals surface area (Å²) in [5.74, 6) is -1.42. The van der Waals surface area contributed by atoms with E-state index in [0.717, 1.165) is 16.7 Å². The highest BCUT2D eigenvalue weighted by Crippen LogP contribution is 2.34. The van der Waals surface area contributed by atoms with Crippen molar-refractivity contribution in [3.05, 3.63) is 101 Å². The Bertz CT molecular complexity index is 1450. The highest BCUT2D eigenvalue weighted by Gasteiger charge is 2.40. The van der Waals surface area contributed by atoms with Gasteiger partial charge in [-0.3, -0.25) is 0 Å². The number of aromatic nitrogens is 2. The van der Waals surface area contributed by atoms with Crippen molar-refractivity contribution in [2.75, 3.05) is 6.61 Å². The molecular weight excluding hydrogens is 475 g/mol. The van der Waals surface area contributed by atoms with E-state index in [1.165, 1.54) is 12.4 Å². The highest BCUT2D eigenvalue weighted by atomic mass is 19.1. The summed E-state index contributed by atoms with van der Waals surface area (Å²) in [4.78, 5) is 29.7. The van der Waals surface area contributed by atoms with E-state index in [4.69, 9.17) is 14.2 Å². The van der Waals surface area contributed by atoms with Crippen molar-refractivity contribution in [2.45, 2.75) is 45.6 Å². The topological polar surface area (TPSA) is 79.7 Å². The van der Waals surface area contributed by atoms with Crippen LogP contribution in [0, 0.1) is 26.6 Å². The second-order valence-corrected chi connectivity index (χ2v) is 9.41. The lowest BCUT2D eigenvalue weighted by molar-refractivity contribution is -0.0562. The zero-order valence-electron chi connectivity index (χ0n) is 20.8. The number of benzene rings is 3. The molecule has 0 saturated carbocycles. The summed E-state index contributed by atoms with van der Waals surface area (Å²) >= 11 is 0. The Kier molecular flexibility index (Phi) is 6.76. The van der Waals surface area contributed by atoms with Crippen LogP contribution in [0.2, 0.25) is 0 Å². The third-order valence-electron chi connectivity index (χ3n) is 6.48. The van der Waals surface area contributed by atoms with Crippen LogP contribution in [-0.4, -0.2) is 40.3 Å². The SMILES string of the molecule is Cc1ccc(C(=O)OC[C@H]2O[C@@H](n3cnc4c(F)cc(C)cc43)C[C@@H]2OC(=O)c2ccc(C)cc2)cc1. The molecule has 190 valence electrons. The molecule has 0 bridgehead atoms. The van der Waals surface area contributed by atoms with Crippen molar-refractivity contribution < 1.29 is 28.2 Å². The average molecular weight is 503 g/mol. The minimum atomic E-state index is -0.721. The van der Waals surface area contributed by atoms with Crippen LogP contribution in [0.15, 0.2) is 67.0 Å². The Balaban J connectivity index is 1.37. The second-order valence-electron chi connectivity index (χ2n) is 9.41. The molecule has 3 atom stereocenters. The van der Waals surface area contributed by atoms with E-state index in [0.29, 0.717) is 16.6 Å². The molecule has 0 amide bonds. The van der Waals surface area contributed by atoms with E-state index in [2.05, 4.69) is 4.98 Å². The molecular formula is C29H27FN2O5. The summed E-state index contributed by atoms with van der Waals surface area (Å²) in [5, 5.41) is 0. The number of nitrogens with zero attached hydrogens (tertiary/aromatic N) is 2. The highest BCUT2D eigenvalue weighted by molar-refractivity contribution is 5.90. The van der Waals surface area contributed by atoms with Gasteiger partial charge >= 0.3 is 11.9 Å². The number of halogens is 1. The fraction of sp³-hybridized carbons (Fsp3) is 0.276. The van der Waals surface area contributed by atoms with Gasteiger partial charge in [-0.25, -0.2) is 19.0 Å². The van der Waals surface area contributed by atoms with Crippen molar-refractivity contribution >= 4 is 23.0 Å². The first-order chi connectivity index (χ1) is 17.8. The number of carbonyl (C=O) groups excluding carboxylic acids is 2. The van der Waals surface area contributed by atoms with Gasteiger partial charge in [0.1, 0.15) is 30.6 Å². The Morgan fingerprint density at radius 1 is 0.946 bits per heavy atom. The number of carbonyl (C=O) groups is 2. The first-order valence-electron chi connectivity index (χ1n) is 12.1. The van der Waals surface area contributed by atoms with E-state index >= 15 is 0 Å². The molecule has 7 nitrogen and oxygen atoms in total. The minimum absolute atomic E-state index is 0.116. The second kappa shape index (κ2) is 10.1. The van der Waals surface area contributed by atoms with Gasteiger partial charge in [-0.1, -0.05) is 35.4 Å². The number of aryl methyl sites for hydroxylation is 3. The molecule has 0 N–H and O–H groups in total. The molecule has 37 heavy (non-hydrogen) atoms. The maximum atomic E-state index is 14.4. The number of imidazole rings is 1. The summed E-state index contributed by atoms with van der Waals surface area (Å²) in [7, 11) is 0. The monoisotopic (exact) mass is 502 g/mol. The molecule has 0 unspecified atom stereocenters.